The van der Waals surface area contributed by atoms with E-state index in [1.807, 2.05) is 25.9 Å². The van der Waals surface area contributed by atoms with Crippen LogP contribution in [0.25, 0.3) is 0 Å². The van der Waals surface area contributed by atoms with Gasteiger partial charge in [0.15, 0.2) is 0 Å². The molecule has 0 aliphatic rings. The summed E-state index contributed by atoms with van der Waals surface area (Å²) in [4.78, 5) is 13.9. The second kappa shape index (κ2) is 9.42. The molecule has 1 amide bonds. The fourth-order valence-corrected chi connectivity index (χ4v) is 1.64. The molecular formula is C12H20BrCl2N3O. The van der Waals surface area contributed by atoms with Crippen LogP contribution in [-0.4, -0.2) is 37.5 Å². The van der Waals surface area contributed by atoms with Gasteiger partial charge in [0.1, 0.15) is 0 Å². The molecule has 0 heterocycles. The van der Waals surface area contributed by atoms with Gasteiger partial charge in [0.2, 0.25) is 0 Å². The van der Waals surface area contributed by atoms with E-state index in [9.17, 15) is 4.79 Å². The molecule has 0 aliphatic carbocycles. The number of nitrogens with two attached hydrogens (primary N) is 1. The Morgan fingerprint density at radius 1 is 1.42 bits per heavy atom. The largest absolute Gasteiger partial charge is 0.398 e. The summed E-state index contributed by atoms with van der Waals surface area (Å²) in [6.07, 6.45) is 0. The molecular weight excluding hydrogens is 353 g/mol. The molecule has 3 N–H and O–H groups in total. The normalized spacial score (nSPS) is 11.2. The van der Waals surface area contributed by atoms with Crippen molar-refractivity contribution in [3.63, 3.8) is 0 Å². The maximum Gasteiger partial charge on any atom is 0.253 e. The SMILES string of the molecule is CC(CNC(=O)c1ccc(Br)cc1N)N(C)C.Cl.Cl. The first-order valence-electron chi connectivity index (χ1n) is 5.41. The first-order valence-corrected chi connectivity index (χ1v) is 6.20. The Bertz CT molecular complexity index is 416. The van der Waals surface area contributed by atoms with Crippen molar-refractivity contribution in [2.45, 2.75) is 13.0 Å². The lowest BCUT2D eigenvalue weighted by Crippen LogP contribution is -2.38. The number of nitrogen functional groups attached to an aromatic ring is 1. The van der Waals surface area contributed by atoms with Crippen molar-refractivity contribution in [2.75, 3.05) is 26.4 Å². The van der Waals surface area contributed by atoms with E-state index in [1.54, 1.807) is 18.2 Å². The van der Waals surface area contributed by atoms with Crippen LogP contribution in [0.1, 0.15) is 17.3 Å². The van der Waals surface area contributed by atoms with E-state index in [4.69, 9.17) is 5.73 Å². The van der Waals surface area contributed by atoms with Gasteiger partial charge in [0, 0.05) is 22.7 Å². The van der Waals surface area contributed by atoms with Crippen molar-refractivity contribution in [1.29, 1.82) is 0 Å². The standard InChI is InChI=1S/C12H18BrN3O.2ClH/c1-8(16(2)3)7-15-12(17)10-5-4-9(13)6-11(10)14;;/h4-6,8H,7,14H2,1-3H3,(H,15,17);2*1H. The van der Waals surface area contributed by atoms with Crippen molar-refractivity contribution in [2.24, 2.45) is 0 Å². The van der Waals surface area contributed by atoms with Crippen LogP contribution in [0.15, 0.2) is 22.7 Å². The van der Waals surface area contributed by atoms with E-state index in [0.29, 0.717) is 17.8 Å². The second-order valence-electron chi connectivity index (χ2n) is 4.25. The molecule has 0 aromatic heterocycles. The topological polar surface area (TPSA) is 58.4 Å². The molecule has 1 rings (SSSR count). The molecule has 1 aromatic carbocycles. The lowest BCUT2D eigenvalue weighted by Gasteiger charge is -2.20. The van der Waals surface area contributed by atoms with Crippen LogP contribution in [-0.2, 0) is 0 Å². The fraction of sp³-hybridized carbons (Fsp3) is 0.417. The molecule has 0 spiro atoms. The Hall–Kier alpha value is -0.490. The summed E-state index contributed by atoms with van der Waals surface area (Å²) in [5, 5.41) is 2.86. The third kappa shape index (κ3) is 6.47. The van der Waals surface area contributed by atoms with Gasteiger partial charge >= 0.3 is 0 Å². The molecule has 0 aliphatic heterocycles. The molecule has 0 fully saturated rings. The van der Waals surface area contributed by atoms with E-state index in [1.165, 1.54) is 0 Å². The zero-order valence-corrected chi connectivity index (χ0v) is 14.4. The van der Waals surface area contributed by atoms with Gasteiger partial charge in [-0.05, 0) is 39.2 Å². The molecule has 1 unspecified atom stereocenters. The average Bonchev–Trinajstić information content (AvgIpc) is 2.25. The lowest BCUT2D eigenvalue weighted by atomic mass is 10.1. The third-order valence-electron chi connectivity index (χ3n) is 2.70. The number of carbonyl (C=O) groups is 1. The number of benzene rings is 1. The number of rotatable bonds is 4. The summed E-state index contributed by atoms with van der Waals surface area (Å²) in [5.74, 6) is -0.135. The van der Waals surface area contributed by atoms with Crippen LogP contribution in [0, 0.1) is 0 Å². The summed E-state index contributed by atoms with van der Waals surface area (Å²) in [5.41, 5.74) is 6.78. The number of anilines is 1. The van der Waals surface area contributed by atoms with Crippen LogP contribution in [0.3, 0.4) is 0 Å². The first-order chi connectivity index (χ1) is 7.91. The van der Waals surface area contributed by atoms with Crippen molar-refractivity contribution in [3.05, 3.63) is 28.2 Å². The quantitative estimate of drug-likeness (QED) is 0.798. The van der Waals surface area contributed by atoms with Gasteiger partial charge in [-0.25, -0.2) is 0 Å². The second-order valence-corrected chi connectivity index (χ2v) is 5.17. The highest BCUT2D eigenvalue weighted by Gasteiger charge is 2.11. The predicted octanol–water partition coefficient (Wildman–Crippen LogP) is 2.55. The number of amides is 1. The monoisotopic (exact) mass is 371 g/mol. The molecule has 0 saturated heterocycles. The minimum absolute atomic E-state index is 0. The first kappa shape index (κ1) is 20.8. The smallest absolute Gasteiger partial charge is 0.253 e. The zero-order valence-electron chi connectivity index (χ0n) is 11.1. The highest BCUT2D eigenvalue weighted by molar-refractivity contribution is 9.10. The van der Waals surface area contributed by atoms with Gasteiger partial charge in [-0.1, -0.05) is 15.9 Å². The van der Waals surface area contributed by atoms with E-state index in [2.05, 4.69) is 21.2 Å². The Morgan fingerprint density at radius 3 is 2.47 bits per heavy atom. The molecule has 0 saturated carbocycles. The number of hydrogen-bond acceptors (Lipinski definition) is 3. The van der Waals surface area contributed by atoms with Gasteiger partial charge < -0.3 is 16.0 Å². The molecule has 110 valence electrons. The number of halogens is 3. The van der Waals surface area contributed by atoms with Crippen molar-refractivity contribution < 1.29 is 4.79 Å². The molecule has 4 nitrogen and oxygen atoms in total. The summed E-state index contributed by atoms with van der Waals surface area (Å²) >= 11 is 3.31. The zero-order chi connectivity index (χ0) is 13.0. The number of hydrogen-bond donors (Lipinski definition) is 2. The highest BCUT2D eigenvalue weighted by atomic mass is 79.9. The van der Waals surface area contributed by atoms with Crippen molar-refractivity contribution >= 4 is 52.3 Å². The lowest BCUT2D eigenvalue weighted by molar-refractivity contribution is 0.0944. The average molecular weight is 373 g/mol. The van der Waals surface area contributed by atoms with Crippen molar-refractivity contribution in [1.82, 2.24) is 10.2 Å². The summed E-state index contributed by atoms with van der Waals surface area (Å²) < 4.78 is 0.869. The minimum atomic E-state index is -0.135. The number of carbonyl (C=O) groups excluding carboxylic acids is 1. The predicted molar refractivity (Wildman–Crippen MR) is 88.5 cm³/mol. The number of nitrogens with one attached hydrogen (secondary N) is 1. The maximum absolute atomic E-state index is 11.9. The van der Waals surface area contributed by atoms with E-state index < -0.39 is 0 Å². The maximum atomic E-state index is 11.9. The Balaban J connectivity index is 0. The van der Waals surface area contributed by atoms with Crippen LogP contribution in [0.4, 0.5) is 5.69 Å². The van der Waals surface area contributed by atoms with E-state index in [-0.39, 0.29) is 36.8 Å². The van der Waals surface area contributed by atoms with Crippen LogP contribution in [0.5, 0.6) is 0 Å². The van der Waals surface area contributed by atoms with Gasteiger partial charge in [0.05, 0.1) is 5.56 Å². The molecule has 1 aromatic rings. The Morgan fingerprint density at radius 2 is 2.00 bits per heavy atom. The van der Waals surface area contributed by atoms with Crippen molar-refractivity contribution in [3.8, 4) is 0 Å². The Labute approximate surface area is 135 Å². The molecule has 19 heavy (non-hydrogen) atoms. The highest BCUT2D eigenvalue weighted by Crippen LogP contribution is 2.18. The molecule has 0 bridgehead atoms. The minimum Gasteiger partial charge on any atom is -0.398 e. The van der Waals surface area contributed by atoms with Crippen LogP contribution in [0.2, 0.25) is 0 Å². The molecule has 1 atom stereocenters. The molecule has 0 radical (unpaired) electrons. The van der Waals surface area contributed by atoms with E-state index in [0.717, 1.165) is 4.47 Å². The molecule has 7 heteroatoms. The van der Waals surface area contributed by atoms with Gasteiger partial charge in [-0.2, -0.15) is 0 Å². The summed E-state index contributed by atoms with van der Waals surface area (Å²) in [6.45, 7) is 2.65. The van der Waals surface area contributed by atoms with Gasteiger partial charge in [0.25, 0.3) is 5.91 Å². The summed E-state index contributed by atoms with van der Waals surface area (Å²) in [7, 11) is 3.95. The number of likely N-dealkylation sites (N-methyl/N-ethyl adjacent to an activating group) is 1. The third-order valence-corrected chi connectivity index (χ3v) is 3.19. The van der Waals surface area contributed by atoms with Gasteiger partial charge in [-0.15, -0.1) is 24.8 Å². The van der Waals surface area contributed by atoms with E-state index >= 15 is 0 Å². The fourth-order valence-electron chi connectivity index (χ4n) is 1.26. The van der Waals surface area contributed by atoms with Crippen LogP contribution < -0.4 is 11.1 Å². The van der Waals surface area contributed by atoms with Gasteiger partial charge in [-0.3, -0.25) is 4.79 Å². The van der Waals surface area contributed by atoms with Crippen LogP contribution >= 0.6 is 40.7 Å². The number of nitrogens with zero attached hydrogens (tertiary/aromatic N) is 1. The summed E-state index contributed by atoms with van der Waals surface area (Å²) in [6, 6.07) is 5.54. The Kier molecular flexibility index (Phi) is 10.3.